The van der Waals surface area contributed by atoms with Gasteiger partial charge < -0.3 is 5.11 Å². The number of aromatic amines is 2. The lowest BCUT2D eigenvalue weighted by atomic mass is 9.99. The second-order valence-electron chi connectivity index (χ2n) is 6.11. The number of aromatic nitrogens is 5. The number of nitrogens with zero attached hydrogens (tertiary/aromatic N) is 3. The highest BCUT2D eigenvalue weighted by molar-refractivity contribution is 7.99. The molecule has 0 aliphatic heterocycles. The van der Waals surface area contributed by atoms with Gasteiger partial charge in [0.1, 0.15) is 0 Å². The maximum atomic E-state index is 10.7. The van der Waals surface area contributed by atoms with Crippen molar-refractivity contribution in [3.8, 4) is 33.8 Å². The maximum Gasteiger partial charge on any atom is 0.313 e. The molecule has 2 heterocycles. The zero-order chi connectivity index (χ0) is 20.2. The number of nitrogens with one attached hydrogen (secondary N) is 3. The number of carbonyl (C=O) groups is 1. The Kier molecular flexibility index (Phi) is 5.27. The lowest BCUT2D eigenvalue weighted by Gasteiger charge is -2.09. The summed E-state index contributed by atoms with van der Waals surface area (Å²) >= 11 is 1.03. The Bertz CT molecular complexity index is 1140. The molecule has 0 aliphatic rings. The van der Waals surface area contributed by atoms with Crippen molar-refractivity contribution in [2.45, 2.75) is 5.16 Å². The third-order valence-corrected chi connectivity index (χ3v) is 4.96. The fourth-order valence-electron chi connectivity index (χ4n) is 2.84. The molecule has 9 nitrogen and oxygen atoms in total. The molecule has 2 aromatic heterocycles. The zero-order valence-corrected chi connectivity index (χ0v) is 15.8. The van der Waals surface area contributed by atoms with E-state index in [0.717, 1.165) is 34.1 Å². The number of thioether (sulfide) groups is 1. The van der Waals surface area contributed by atoms with E-state index in [-0.39, 0.29) is 5.75 Å². The number of aliphatic carboxylic acids is 1. The zero-order valence-electron chi connectivity index (χ0n) is 15.0. The molecule has 0 spiro atoms. The van der Waals surface area contributed by atoms with Crippen LogP contribution in [0.2, 0.25) is 0 Å². The SMILES string of the molecule is O=C(O)CSc1n[nH]c(-c2cc(NO)cc(-c3cccc(-c4ccn[nH]4)c3)c2)n1. The molecule has 4 rings (SSSR count). The summed E-state index contributed by atoms with van der Waals surface area (Å²) in [5, 5.41) is 32.4. The molecular formula is C19H16N6O3S. The van der Waals surface area contributed by atoms with Gasteiger partial charge in [-0.15, -0.1) is 5.10 Å². The number of carboxylic acids is 1. The molecule has 0 unspecified atom stereocenters. The summed E-state index contributed by atoms with van der Waals surface area (Å²) in [6.07, 6.45) is 1.69. The van der Waals surface area contributed by atoms with E-state index >= 15 is 0 Å². The van der Waals surface area contributed by atoms with Crippen LogP contribution in [0.15, 0.2) is 59.9 Å². The van der Waals surface area contributed by atoms with Crippen LogP contribution in [0.1, 0.15) is 0 Å². The number of hydrogen-bond donors (Lipinski definition) is 5. The lowest BCUT2D eigenvalue weighted by molar-refractivity contribution is -0.133. The van der Waals surface area contributed by atoms with Crippen LogP contribution in [0.25, 0.3) is 33.8 Å². The van der Waals surface area contributed by atoms with E-state index in [1.807, 2.05) is 42.5 Å². The van der Waals surface area contributed by atoms with Gasteiger partial charge in [0.15, 0.2) is 5.82 Å². The van der Waals surface area contributed by atoms with Gasteiger partial charge in [-0.25, -0.2) is 4.98 Å². The second-order valence-corrected chi connectivity index (χ2v) is 7.05. The normalized spacial score (nSPS) is 10.8. The summed E-state index contributed by atoms with van der Waals surface area (Å²) in [6, 6.07) is 15.2. The molecule has 0 amide bonds. The van der Waals surface area contributed by atoms with Crippen molar-refractivity contribution in [3.05, 3.63) is 54.7 Å². The summed E-state index contributed by atoms with van der Waals surface area (Å²) in [5.41, 5.74) is 7.04. The Morgan fingerprint density at radius 2 is 1.83 bits per heavy atom. The Morgan fingerprint density at radius 3 is 2.59 bits per heavy atom. The molecule has 0 bridgehead atoms. The fourth-order valence-corrected chi connectivity index (χ4v) is 3.36. The molecule has 0 atom stereocenters. The molecule has 29 heavy (non-hydrogen) atoms. The highest BCUT2D eigenvalue weighted by Gasteiger charge is 2.12. The quantitative estimate of drug-likeness (QED) is 0.231. The first-order valence-electron chi connectivity index (χ1n) is 8.55. The number of H-pyrrole nitrogens is 2. The van der Waals surface area contributed by atoms with Crippen molar-refractivity contribution in [2.75, 3.05) is 11.2 Å². The van der Waals surface area contributed by atoms with E-state index in [1.165, 1.54) is 0 Å². The average molecular weight is 408 g/mol. The standard InChI is InChI=1S/C19H16N6O3S/c26-17(27)10-29-19-21-18(23-24-19)14-7-13(8-15(9-14)25-28)11-2-1-3-12(6-11)16-4-5-20-22-16/h1-9,25,28H,10H2,(H,20,22)(H,26,27)(H,21,23,24). The van der Waals surface area contributed by atoms with Crippen molar-refractivity contribution in [2.24, 2.45) is 0 Å². The smallest absolute Gasteiger partial charge is 0.313 e. The number of anilines is 1. The van der Waals surface area contributed by atoms with Crippen molar-refractivity contribution < 1.29 is 15.1 Å². The van der Waals surface area contributed by atoms with E-state index in [2.05, 4.69) is 30.9 Å². The van der Waals surface area contributed by atoms with Gasteiger partial charge in [0.05, 0.1) is 17.1 Å². The van der Waals surface area contributed by atoms with E-state index in [4.69, 9.17) is 5.11 Å². The Hall–Kier alpha value is -3.63. The van der Waals surface area contributed by atoms with Crippen LogP contribution in [0, 0.1) is 0 Å². The molecule has 0 fully saturated rings. The molecular weight excluding hydrogens is 392 g/mol. The molecule has 4 aromatic rings. The lowest BCUT2D eigenvalue weighted by Crippen LogP contribution is -1.97. The minimum Gasteiger partial charge on any atom is -0.481 e. The molecule has 0 saturated carbocycles. The Labute approximate surface area is 169 Å². The third kappa shape index (κ3) is 4.28. The molecule has 0 radical (unpaired) electrons. The van der Waals surface area contributed by atoms with Gasteiger partial charge in [0, 0.05) is 17.3 Å². The second kappa shape index (κ2) is 8.17. The van der Waals surface area contributed by atoms with Gasteiger partial charge in [-0.3, -0.25) is 25.7 Å². The minimum absolute atomic E-state index is 0.124. The summed E-state index contributed by atoms with van der Waals surface area (Å²) in [4.78, 5) is 15.0. The Morgan fingerprint density at radius 1 is 1.03 bits per heavy atom. The van der Waals surface area contributed by atoms with Gasteiger partial charge in [0.2, 0.25) is 5.16 Å². The monoisotopic (exact) mass is 408 g/mol. The summed E-state index contributed by atoms with van der Waals surface area (Å²) in [6.45, 7) is 0. The predicted octanol–water partition coefficient (Wildman–Crippen LogP) is 3.51. The molecule has 2 aromatic carbocycles. The van der Waals surface area contributed by atoms with E-state index < -0.39 is 5.97 Å². The highest BCUT2D eigenvalue weighted by Crippen LogP contribution is 2.31. The molecule has 5 N–H and O–H groups in total. The Balaban J connectivity index is 1.69. The van der Waals surface area contributed by atoms with Crippen molar-refractivity contribution >= 4 is 23.4 Å². The van der Waals surface area contributed by atoms with Crippen LogP contribution in [0.4, 0.5) is 5.69 Å². The van der Waals surface area contributed by atoms with Crippen LogP contribution < -0.4 is 5.48 Å². The number of hydrogen-bond acceptors (Lipinski definition) is 7. The molecule has 0 saturated heterocycles. The topological polar surface area (TPSA) is 140 Å². The third-order valence-electron chi connectivity index (χ3n) is 4.13. The number of rotatable bonds is 7. The fraction of sp³-hybridized carbons (Fsp3) is 0.0526. The first kappa shape index (κ1) is 18.7. The maximum absolute atomic E-state index is 10.7. The van der Waals surface area contributed by atoms with Crippen LogP contribution in [0.5, 0.6) is 0 Å². The number of benzene rings is 2. The first-order chi connectivity index (χ1) is 14.1. The predicted molar refractivity (Wildman–Crippen MR) is 109 cm³/mol. The van der Waals surface area contributed by atoms with Crippen LogP contribution in [-0.4, -0.2) is 47.4 Å². The number of carboxylic acid groups (broad SMARTS) is 1. The molecule has 146 valence electrons. The van der Waals surface area contributed by atoms with Crippen LogP contribution >= 0.6 is 11.8 Å². The van der Waals surface area contributed by atoms with Gasteiger partial charge in [-0.1, -0.05) is 30.0 Å². The average Bonchev–Trinajstić information content (AvgIpc) is 3.44. The minimum atomic E-state index is -0.938. The molecule has 0 aliphatic carbocycles. The van der Waals surface area contributed by atoms with Crippen molar-refractivity contribution in [1.82, 2.24) is 25.4 Å². The van der Waals surface area contributed by atoms with Crippen molar-refractivity contribution in [3.63, 3.8) is 0 Å². The van der Waals surface area contributed by atoms with Gasteiger partial charge in [-0.2, -0.15) is 5.10 Å². The van der Waals surface area contributed by atoms with E-state index in [9.17, 15) is 10.0 Å². The molecule has 10 heteroatoms. The largest absolute Gasteiger partial charge is 0.481 e. The van der Waals surface area contributed by atoms with Crippen molar-refractivity contribution in [1.29, 1.82) is 0 Å². The van der Waals surface area contributed by atoms with Gasteiger partial charge >= 0.3 is 5.97 Å². The van der Waals surface area contributed by atoms with Gasteiger partial charge in [-0.05, 0) is 41.5 Å². The summed E-state index contributed by atoms with van der Waals surface area (Å²) in [5.74, 6) is -0.588. The van der Waals surface area contributed by atoms with E-state index in [0.29, 0.717) is 22.2 Å². The highest BCUT2D eigenvalue weighted by atomic mass is 32.2. The van der Waals surface area contributed by atoms with E-state index in [1.54, 1.807) is 12.3 Å². The summed E-state index contributed by atoms with van der Waals surface area (Å²) < 4.78 is 0. The van der Waals surface area contributed by atoms with Crippen LogP contribution in [0.3, 0.4) is 0 Å². The van der Waals surface area contributed by atoms with Crippen LogP contribution in [-0.2, 0) is 4.79 Å². The first-order valence-corrected chi connectivity index (χ1v) is 9.53. The van der Waals surface area contributed by atoms with Gasteiger partial charge in [0.25, 0.3) is 0 Å². The summed E-state index contributed by atoms with van der Waals surface area (Å²) in [7, 11) is 0.